The Labute approximate surface area is 244 Å². The van der Waals surface area contributed by atoms with Crippen LogP contribution in [0.25, 0.3) is 11.0 Å². The number of pyridine rings is 1. The topological polar surface area (TPSA) is 100 Å². The van der Waals surface area contributed by atoms with E-state index in [0.29, 0.717) is 22.0 Å². The molecule has 1 saturated heterocycles. The number of likely N-dealkylation sites (N-methyl/N-ethyl adjacent to an activating group) is 1. The van der Waals surface area contributed by atoms with Crippen molar-refractivity contribution in [2.45, 2.75) is 47.9 Å². The molecule has 0 radical (unpaired) electrons. The molecule has 11 heteroatoms. The Hall–Kier alpha value is -3.47. The Kier molecular flexibility index (Phi) is 7.72. The fraction of sp³-hybridized carbons (Fsp3) is 0.367. The first kappa shape index (κ1) is 27.7. The van der Waals surface area contributed by atoms with Crippen LogP contribution in [0, 0.1) is 0 Å². The SMILES string of the molecule is CN1CCN(c2ccc(Nc3ncc4cc(S(=O)(=O)c5ccc(Cl)cc5)c(=O)n(C5CCCCC5)c4n3)cc2)CC1. The van der Waals surface area contributed by atoms with Gasteiger partial charge in [0.05, 0.1) is 4.90 Å². The fourth-order valence-electron chi connectivity index (χ4n) is 5.72. The third-order valence-electron chi connectivity index (χ3n) is 8.09. The Morgan fingerprint density at radius 1 is 0.927 bits per heavy atom. The summed E-state index contributed by atoms with van der Waals surface area (Å²) in [6.45, 7) is 4.06. The van der Waals surface area contributed by atoms with Gasteiger partial charge in [0, 0.05) is 60.2 Å². The summed E-state index contributed by atoms with van der Waals surface area (Å²) >= 11 is 5.98. The van der Waals surface area contributed by atoms with Gasteiger partial charge in [0.2, 0.25) is 15.8 Å². The lowest BCUT2D eigenvalue weighted by atomic mass is 9.95. The minimum Gasteiger partial charge on any atom is -0.369 e. The van der Waals surface area contributed by atoms with Gasteiger partial charge in [-0.1, -0.05) is 30.9 Å². The average Bonchev–Trinajstić information content (AvgIpc) is 2.98. The number of hydrogen-bond acceptors (Lipinski definition) is 8. The van der Waals surface area contributed by atoms with E-state index in [1.165, 1.54) is 36.0 Å². The van der Waals surface area contributed by atoms with Gasteiger partial charge >= 0.3 is 0 Å². The molecule has 2 aromatic carbocycles. The molecule has 1 N–H and O–H groups in total. The summed E-state index contributed by atoms with van der Waals surface area (Å²) in [6, 6.07) is 15.3. The van der Waals surface area contributed by atoms with Gasteiger partial charge < -0.3 is 15.1 Å². The number of aromatic nitrogens is 3. The zero-order valence-corrected chi connectivity index (χ0v) is 24.5. The van der Waals surface area contributed by atoms with Crippen LogP contribution >= 0.6 is 11.6 Å². The van der Waals surface area contributed by atoms with Crippen LogP contribution in [0.5, 0.6) is 0 Å². The molecule has 0 amide bonds. The minimum absolute atomic E-state index is 0.0211. The second kappa shape index (κ2) is 11.4. The first-order valence-corrected chi connectivity index (χ1v) is 15.9. The van der Waals surface area contributed by atoms with Crippen molar-refractivity contribution in [1.82, 2.24) is 19.4 Å². The summed E-state index contributed by atoms with van der Waals surface area (Å²) in [6.07, 6.45) is 6.21. The van der Waals surface area contributed by atoms with E-state index in [-0.39, 0.29) is 15.8 Å². The Morgan fingerprint density at radius 2 is 1.61 bits per heavy atom. The summed E-state index contributed by atoms with van der Waals surface area (Å²) in [5.74, 6) is 0.349. The number of anilines is 3. The van der Waals surface area contributed by atoms with Gasteiger partial charge in [-0.2, -0.15) is 4.98 Å². The van der Waals surface area contributed by atoms with Crippen molar-refractivity contribution in [3.8, 4) is 0 Å². The summed E-state index contributed by atoms with van der Waals surface area (Å²) in [4.78, 5) is 27.6. The van der Waals surface area contributed by atoms with Crippen molar-refractivity contribution in [2.24, 2.45) is 0 Å². The highest BCUT2D eigenvalue weighted by molar-refractivity contribution is 7.91. The number of fused-ring (bicyclic) bond motifs is 1. The number of rotatable bonds is 6. The molecule has 4 aromatic rings. The summed E-state index contributed by atoms with van der Waals surface area (Å²) in [5, 5.41) is 4.18. The van der Waals surface area contributed by atoms with Crippen LogP contribution in [-0.2, 0) is 9.84 Å². The first-order valence-electron chi connectivity index (χ1n) is 14.0. The number of piperazine rings is 1. The lowest BCUT2D eigenvalue weighted by molar-refractivity contribution is 0.313. The molecule has 41 heavy (non-hydrogen) atoms. The van der Waals surface area contributed by atoms with E-state index < -0.39 is 15.4 Å². The maximum atomic E-state index is 13.9. The largest absolute Gasteiger partial charge is 0.369 e. The van der Waals surface area contributed by atoms with Crippen LogP contribution in [0.4, 0.5) is 17.3 Å². The van der Waals surface area contributed by atoms with Crippen molar-refractivity contribution in [3.63, 3.8) is 0 Å². The van der Waals surface area contributed by atoms with Crippen LogP contribution < -0.4 is 15.8 Å². The quantitative estimate of drug-likeness (QED) is 0.323. The number of sulfone groups is 1. The van der Waals surface area contributed by atoms with Crippen molar-refractivity contribution < 1.29 is 8.42 Å². The molecule has 1 aliphatic carbocycles. The lowest BCUT2D eigenvalue weighted by Crippen LogP contribution is -2.44. The fourth-order valence-corrected chi connectivity index (χ4v) is 7.20. The van der Waals surface area contributed by atoms with Crippen molar-refractivity contribution in [2.75, 3.05) is 43.4 Å². The molecule has 2 aliphatic rings. The van der Waals surface area contributed by atoms with Crippen molar-refractivity contribution in [3.05, 3.63) is 76.2 Å². The highest BCUT2D eigenvalue weighted by Crippen LogP contribution is 2.31. The van der Waals surface area contributed by atoms with E-state index in [4.69, 9.17) is 16.6 Å². The van der Waals surface area contributed by atoms with Gasteiger partial charge in [-0.25, -0.2) is 13.4 Å². The highest BCUT2D eigenvalue weighted by atomic mass is 35.5. The Morgan fingerprint density at radius 3 is 2.29 bits per heavy atom. The third kappa shape index (κ3) is 5.68. The predicted octanol–water partition coefficient (Wildman–Crippen LogP) is 5.28. The molecule has 1 saturated carbocycles. The molecule has 3 heterocycles. The van der Waals surface area contributed by atoms with Crippen LogP contribution in [0.15, 0.2) is 75.4 Å². The zero-order chi connectivity index (χ0) is 28.6. The number of benzene rings is 2. The van der Waals surface area contributed by atoms with E-state index in [0.717, 1.165) is 64.0 Å². The normalized spacial score (nSPS) is 17.2. The van der Waals surface area contributed by atoms with E-state index in [1.807, 2.05) is 12.1 Å². The first-order chi connectivity index (χ1) is 19.8. The van der Waals surface area contributed by atoms with Crippen LogP contribution in [0.3, 0.4) is 0 Å². The van der Waals surface area contributed by atoms with E-state index in [2.05, 4.69) is 39.3 Å². The van der Waals surface area contributed by atoms with Gasteiger partial charge in [0.1, 0.15) is 10.5 Å². The number of nitrogens with zero attached hydrogens (tertiary/aromatic N) is 5. The summed E-state index contributed by atoms with van der Waals surface area (Å²) in [5.41, 5.74) is 1.88. The van der Waals surface area contributed by atoms with Crippen molar-refractivity contribution >= 4 is 49.8 Å². The van der Waals surface area contributed by atoms with E-state index in [9.17, 15) is 13.2 Å². The molecule has 6 rings (SSSR count). The summed E-state index contributed by atoms with van der Waals surface area (Å²) in [7, 11) is -1.94. The minimum atomic E-state index is -4.08. The summed E-state index contributed by atoms with van der Waals surface area (Å²) < 4.78 is 28.8. The zero-order valence-electron chi connectivity index (χ0n) is 23.0. The van der Waals surface area contributed by atoms with Gasteiger partial charge in [-0.3, -0.25) is 9.36 Å². The molecule has 0 atom stereocenters. The highest BCUT2D eigenvalue weighted by Gasteiger charge is 2.28. The second-order valence-electron chi connectivity index (χ2n) is 10.9. The van der Waals surface area contributed by atoms with E-state index >= 15 is 0 Å². The van der Waals surface area contributed by atoms with Gasteiger partial charge in [-0.05, 0) is 74.5 Å². The van der Waals surface area contributed by atoms with Gasteiger partial charge in [0.25, 0.3) is 5.56 Å². The lowest BCUT2D eigenvalue weighted by Gasteiger charge is -2.34. The van der Waals surface area contributed by atoms with E-state index in [1.54, 1.807) is 10.8 Å². The smallest absolute Gasteiger partial charge is 0.271 e. The Balaban J connectivity index is 1.36. The number of nitrogens with one attached hydrogen (secondary N) is 1. The Bertz CT molecular complexity index is 1710. The van der Waals surface area contributed by atoms with Crippen LogP contribution in [0.1, 0.15) is 38.1 Å². The second-order valence-corrected chi connectivity index (χ2v) is 13.2. The number of halogens is 1. The molecular weight excluding hydrogens is 560 g/mol. The maximum Gasteiger partial charge on any atom is 0.271 e. The predicted molar refractivity (Wildman–Crippen MR) is 162 cm³/mol. The molecule has 2 fully saturated rings. The monoisotopic (exact) mass is 592 g/mol. The molecule has 1 aliphatic heterocycles. The molecule has 214 valence electrons. The third-order valence-corrected chi connectivity index (χ3v) is 10.1. The molecule has 9 nitrogen and oxygen atoms in total. The molecule has 0 bridgehead atoms. The standard InChI is InChI=1S/C30H33ClN6O3S/c1-35-15-17-36(18-16-35)24-11-9-23(10-12-24)33-30-32-20-21-19-27(41(39,40)26-13-7-22(31)8-14-26)29(38)37(28(21)34-30)25-5-3-2-4-6-25/h7-14,19-20,25H,2-6,15-18H2,1H3,(H,32,33,34). The van der Waals surface area contributed by atoms with Crippen LogP contribution in [0.2, 0.25) is 5.02 Å². The molecular formula is C30H33ClN6O3S. The molecule has 0 spiro atoms. The van der Waals surface area contributed by atoms with Gasteiger partial charge in [-0.15, -0.1) is 0 Å². The van der Waals surface area contributed by atoms with Crippen LogP contribution in [-0.4, -0.2) is 61.1 Å². The van der Waals surface area contributed by atoms with Crippen molar-refractivity contribution in [1.29, 1.82) is 0 Å². The number of hydrogen-bond donors (Lipinski definition) is 1. The maximum absolute atomic E-state index is 13.9. The molecule has 0 unspecified atom stereocenters. The average molecular weight is 593 g/mol. The molecule has 2 aromatic heterocycles. The van der Waals surface area contributed by atoms with Gasteiger partial charge in [0.15, 0.2) is 0 Å².